The molecule has 78 valence electrons. The van der Waals surface area contributed by atoms with Crippen molar-refractivity contribution in [2.45, 2.75) is 25.3 Å². The van der Waals surface area contributed by atoms with Gasteiger partial charge in [0.25, 0.3) is 0 Å². The number of nitrogens with one attached hydrogen (secondary N) is 2. The molecule has 0 spiro atoms. The molecule has 0 amide bonds. The average Bonchev–Trinajstić information content (AvgIpc) is 2.62. The molecular weight excluding hydrogens is 174 g/mol. The van der Waals surface area contributed by atoms with Crippen molar-refractivity contribution >= 4 is 0 Å². The molecule has 1 aliphatic rings. The van der Waals surface area contributed by atoms with Crippen LogP contribution in [0.15, 0.2) is 18.3 Å². The van der Waals surface area contributed by atoms with Crippen LogP contribution in [0.4, 0.5) is 0 Å². The summed E-state index contributed by atoms with van der Waals surface area (Å²) in [5.41, 5.74) is 7.75. The minimum atomic E-state index is 0.152. The van der Waals surface area contributed by atoms with E-state index in [2.05, 4.69) is 16.4 Å². The van der Waals surface area contributed by atoms with Crippen LogP contribution in [0, 0.1) is 5.41 Å². The molecule has 0 saturated heterocycles. The zero-order valence-electron chi connectivity index (χ0n) is 8.72. The fourth-order valence-electron chi connectivity index (χ4n) is 2.45. The van der Waals surface area contributed by atoms with Gasteiger partial charge in [-0.25, -0.2) is 0 Å². The number of rotatable bonds is 4. The standard InChI is InChI=1S/C11H19N3/c1-13-8-11(5-3-6-11)10(12)9-4-2-7-14-9/h2,4,7,10,13-14H,3,5-6,8,12H2,1H3. The fourth-order valence-corrected chi connectivity index (χ4v) is 2.45. The maximum atomic E-state index is 6.29. The second-order valence-corrected chi connectivity index (χ2v) is 4.35. The van der Waals surface area contributed by atoms with Crippen LogP contribution >= 0.6 is 0 Å². The molecule has 0 bridgehead atoms. The third-order valence-electron chi connectivity index (χ3n) is 3.49. The molecule has 2 rings (SSSR count). The Morgan fingerprint density at radius 1 is 1.64 bits per heavy atom. The molecule has 1 aromatic heterocycles. The number of nitrogens with two attached hydrogens (primary N) is 1. The first-order valence-corrected chi connectivity index (χ1v) is 5.32. The van der Waals surface area contributed by atoms with E-state index in [9.17, 15) is 0 Å². The van der Waals surface area contributed by atoms with Gasteiger partial charge in [-0.2, -0.15) is 0 Å². The molecule has 3 heteroatoms. The average molecular weight is 193 g/mol. The van der Waals surface area contributed by atoms with Crippen LogP contribution in [0.3, 0.4) is 0 Å². The van der Waals surface area contributed by atoms with Crippen LogP contribution in [-0.2, 0) is 0 Å². The number of aromatic amines is 1. The van der Waals surface area contributed by atoms with E-state index in [1.54, 1.807) is 0 Å². The third-order valence-corrected chi connectivity index (χ3v) is 3.49. The van der Waals surface area contributed by atoms with Crippen LogP contribution in [0.2, 0.25) is 0 Å². The molecule has 0 radical (unpaired) electrons. The third kappa shape index (κ3) is 1.47. The van der Waals surface area contributed by atoms with Crippen molar-refractivity contribution in [1.82, 2.24) is 10.3 Å². The van der Waals surface area contributed by atoms with E-state index in [1.165, 1.54) is 25.0 Å². The van der Waals surface area contributed by atoms with Gasteiger partial charge < -0.3 is 16.0 Å². The van der Waals surface area contributed by atoms with Crippen molar-refractivity contribution in [3.63, 3.8) is 0 Å². The summed E-state index contributed by atoms with van der Waals surface area (Å²) in [7, 11) is 2.00. The number of hydrogen-bond donors (Lipinski definition) is 3. The van der Waals surface area contributed by atoms with E-state index in [1.807, 2.05) is 19.3 Å². The molecule has 1 aromatic rings. The highest BCUT2D eigenvalue weighted by Crippen LogP contribution is 2.48. The maximum Gasteiger partial charge on any atom is 0.0517 e. The van der Waals surface area contributed by atoms with Crippen LogP contribution < -0.4 is 11.1 Å². The highest BCUT2D eigenvalue weighted by Gasteiger charge is 2.42. The molecular formula is C11H19N3. The van der Waals surface area contributed by atoms with E-state index in [0.717, 1.165) is 6.54 Å². The summed E-state index contributed by atoms with van der Waals surface area (Å²) in [6.45, 7) is 1.02. The van der Waals surface area contributed by atoms with Gasteiger partial charge in [0.1, 0.15) is 0 Å². The number of hydrogen-bond acceptors (Lipinski definition) is 2. The Morgan fingerprint density at radius 2 is 2.43 bits per heavy atom. The van der Waals surface area contributed by atoms with Crippen molar-refractivity contribution in [3.05, 3.63) is 24.0 Å². The summed E-state index contributed by atoms with van der Waals surface area (Å²) in [6, 6.07) is 4.25. The van der Waals surface area contributed by atoms with Gasteiger partial charge in [-0.15, -0.1) is 0 Å². The molecule has 1 atom stereocenters. The van der Waals surface area contributed by atoms with Gasteiger partial charge in [0.05, 0.1) is 6.04 Å². The lowest BCUT2D eigenvalue weighted by Crippen LogP contribution is -2.47. The monoisotopic (exact) mass is 193 g/mol. The predicted molar refractivity (Wildman–Crippen MR) is 57.9 cm³/mol. The Balaban J connectivity index is 2.12. The molecule has 1 fully saturated rings. The summed E-state index contributed by atoms with van der Waals surface area (Å²) in [4.78, 5) is 3.22. The first kappa shape index (κ1) is 9.74. The normalized spacial score (nSPS) is 21.6. The van der Waals surface area contributed by atoms with E-state index in [-0.39, 0.29) is 6.04 Å². The Kier molecular flexibility index (Phi) is 2.61. The van der Waals surface area contributed by atoms with Gasteiger partial charge >= 0.3 is 0 Å². The van der Waals surface area contributed by atoms with Gasteiger partial charge in [0, 0.05) is 23.9 Å². The van der Waals surface area contributed by atoms with Crippen molar-refractivity contribution in [2.24, 2.45) is 11.1 Å². The topological polar surface area (TPSA) is 53.8 Å². The Labute approximate surface area is 85.1 Å². The largest absolute Gasteiger partial charge is 0.364 e. The van der Waals surface area contributed by atoms with Crippen LogP contribution in [-0.4, -0.2) is 18.6 Å². The first-order chi connectivity index (χ1) is 6.78. The van der Waals surface area contributed by atoms with Crippen molar-refractivity contribution in [2.75, 3.05) is 13.6 Å². The van der Waals surface area contributed by atoms with E-state index in [4.69, 9.17) is 5.73 Å². The van der Waals surface area contributed by atoms with E-state index < -0.39 is 0 Å². The summed E-state index contributed by atoms with van der Waals surface area (Å²) in [6.07, 6.45) is 5.75. The zero-order valence-corrected chi connectivity index (χ0v) is 8.72. The Bertz CT molecular complexity index is 275. The molecule has 1 heterocycles. The van der Waals surface area contributed by atoms with Gasteiger partial charge in [0.2, 0.25) is 0 Å². The fraction of sp³-hybridized carbons (Fsp3) is 0.636. The van der Waals surface area contributed by atoms with Crippen molar-refractivity contribution < 1.29 is 0 Å². The summed E-state index contributed by atoms with van der Waals surface area (Å²) >= 11 is 0. The minimum absolute atomic E-state index is 0.152. The van der Waals surface area contributed by atoms with E-state index in [0.29, 0.717) is 5.41 Å². The quantitative estimate of drug-likeness (QED) is 0.677. The van der Waals surface area contributed by atoms with E-state index >= 15 is 0 Å². The molecule has 1 aliphatic carbocycles. The molecule has 1 saturated carbocycles. The minimum Gasteiger partial charge on any atom is -0.364 e. The van der Waals surface area contributed by atoms with Crippen LogP contribution in [0.1, 0.15) is 31.0 Å². The first-order valence-electron chi connectivity index (χ1n) is 5.32. The zero-order chi connectivity index (χ0) is 10.0. The summed E-state index contributed by atoms with van der Waals surface area (Å²) in [5, 5.41) is 3.26. The number of H-pyrrole nitrogens is 1. The lowest BCUT2D eigenvalue weighted by Gasteiger charge is -2.46. The second kappa shape index (κ2) is 3.75. The highest BCUT2D eigenvalue weighted by atomic mass is 14.9. The maximum absolute atomic E-state index is 6.29. The number of aromatic nitrogens is 1. The van der Waals surface area contributed by atoms with Gasteiger partial charge in [-0.3, -0.25) is 0 Å². The van der Waals surface area contributed by atoms with Gasteiger partial charge in [0.15, 0.2) is 0 Å². The molecule has 3 nitrogen and oxygen atoms in total. The smallest absolute Gasteiger partial charge is 0.0517 e. The Morgan fingerprint density at radius 3 is 2.86 bits per heavy atom. The van der Waals surface area contributed by atoms with Crippen LogP contribution in [0.25, 0.3) is 0 Å². The molecule has 4 N–H and O–H groups in total. The predicted octanol–water partition coefficient (Wildman–Crippen LogP) is 1.40. The van der Waals surface area contributed by atoms with Crippen LogP contribution in [0.5, 0.6) is 0 Å². The van der Waals surface area contributed by atoms with Gasteiger partial charge in [-0.05, 0) is 32.0 Å². The molecule has 14 heavy (non-hydrogen) atoms. The summed E-state index contributed by atoms with van der Waals surface area (Å²) < 4.78 is 0. The molecule has 0 aromatic carbocycles. The lowest BCUT2D eigenvalue weighted by molar-refractivity contribution is 0.0930. The Hall–Kier alpha value is -0.800. The second-order valence-electron chi connectivity index (χ2n) is 4.35. The van der Waals surface area contributed by atoms with Crippen molar-refractivity contribution in [1.29, 1.82) is 0 Å². The highest BCUT2D eigenvalue weighted by molar-refractivity contribution is 5.15. The summed E-state index contributed by atoms with van der Waals surface area (Å²) in [5.74, 6) is 0. The molecule has 0 aliphatic heterocycles. The SMILES string of the molecule is CNCC1(C(N)c2ccc[nH]2)CCC1. The molecule has 1 unspecified atom stereocenters. The lowest BCUT2D eigenvalue weighted by atomic mass is 9.63. The van der Waals surface area contributed by atoms with Gasteiger partial charge in [-0.1, -0.05) is 6.42 Å². The van der Waals surface area contributed by atoms with Crippen molar-refractivity contribution in [3.8, 4) is 0 Å².